The zero-order valence-corrected chi connectivity index (χ0v) is 12.9. The van der Waals surface area contributed by atoms with Crippen molar-refractivity contribution in [3.05, 3.63) is 42.0 Å². The average Bonchev–Trinajstić information content (AvgIpc) is 3.01. The van der Waals surface area contributed by atoms with E-state index in [0.717, 1.165) is 16.7 Å². The lowest BCUT2D eigenvalue weighted by molar-refractivity contribution is 0.526. The van der Waals surface area contributed by atoms with Crippen LogP contribution in [0.4, 0.5) is 5.69 Å². The van der Waals surface area contributed by atoms with Crippen molar-refractivity contribution >= 4 is 23.0 Å². The SMILES string of the molecule is CC(C)c1ccc(NC(=S)N[C@H]2C[C@H]3C=C[C@H]2C3)cc1. The van der Waals surface area contributed by atoms with E-state index in [1.54, 1.807) is 0 Å². The molecule has 1 fully saturated rings. The topological polar surface area (TPSA) is 24.1 Å². The largest absolute Gasteiger partial charge is 0.359 e. The molecule has 2 bridgehead atoms. The summed E-state index contributed by atoms with van der Waals surface area (Å²) < 4.78 is 0. The monoisotopic (exact) mass is 286 g/mol. The molecule has 0 spiro atoms. The fourth-order valence-corrected chi connectivity index (χ4v) is 3.50. The highest BCUT2D eigenvalue weighted by molar-refractivity contribution is 7.80. The van der Waals surface area contributed by atoms with Crippen molar-refractivity contribution in [3.63, 3.8) is 0 Å². The maximum atomic E-state index is 5.43. The minimum atomic E-state index is 0.514. The third-order valence-corrected chi connectivity index (χ3v) is 4.65. The molecule has 0 amide bonds. The van der Waals surface area contributed by atoms with E-state index in [2.05, 4.69) is 60.9 Å². The van der Waals surface area contributed by atoms with Crippen molar-refractivity contribution in [2.45, 2.75) is 38.6 Å². The Labute approximate surface area is 126 Å². The van der Waals surface area contributed by atoms with Gasteiger partial charge in [0.2, 0.25) is 0 Å². The number of anilines is 1. The summed E-state index contributed by atoms with van der Waals surface area (Å²) in [7, 11) is 0. The molecule has 2 N–H and O–H groups in total. The molecule has 2 nitrogen and oxygen atoms in total. The predicted octanol–water partition coefficient (Wildman–Crippen LogP) is 4.06. The van der Waals surface area contributed by atoms with Gasteiger partial charge in [0.25, 0.3) is 0 Å². The van der Waals surface area contributed by atoms with Crippen LogP contribution in [0.1, 0.15) is 38.2 Å². The smallest absolute Gasteiger partial charge is 0.171 e. The van der Waals surface area contributed by atoms with Gasteiger partial charge in [-0.2, -0.15) is 0 Å². The van der Waals surface area contributed by atoms with Crippen LogP contribution in [0.25, 0.3) is 0 Å². The van der Waals surface area contributed by atoms with Crippen molar-refractivity contribution in [2.24, 2.45) is 11.8 Å². The Hall–Kier alpha value is -1.35. The quantitative estimate of drug-likeness (QED) is 0.647. The molecule has 0 unspecified atom stereocenters. The molecule has 3 heteroatoms. The summed E-state index contributed by atoms with van der Waals surface area (Å²) in [6, 6.07) is 9.04. The Kier molecular flexibility index (Phi) is 3.79. The van der Waals surface area contributed by atoms with Gasteiger partial charge < -0.3 is 10.6 Å². The number of allylic oxidation sites excluding steroid dienone is 1. The van der Waals surface area contributed by atoms with Gasteiger partial charge >= 0.3 is 0 Å². The Morgan fingerprint density at radius 1 is 1.15 bits per heavy atom. The molecule has 0 saturated heterocycles. The van der Waals surface area contributed by atoms with Gasteiger partial charge in [0.05, 0.1) is 0 Å². The molecule has 0 heterocycles. The summed E-state index contributed by atoms with van der Waals surface area (Å²) in [6.45, 7) is 4.41. The zero-order valence-electron chi connectivity index (χ0n) is 12.1. The molecule has 20 heavy (non-hydrogen) atoms. The van der Waals surface area contributed by atoms with Crippen molar-refractivity contribution in [1.29, 1.82) is 0 Å². The molecule has 0 aliphatic heterocycles. The third kappa shape index (κ3) is 2.88. The fraction of sp³-hybridized carbons (Fsp3) is 0.471. The van der Waals surface area contributed by atoms with Gasteiger partial charge in [-0.3, -0.25) is 0 Å². The van der Waals surface area contributed by atoms with Crippen LogP contribution in [0.15, 0.2) is 36.4 Å². The molecule has 2 aliphatic carbocycles. The molecule has 1 saturated carbocycles. The summed E-state index contributed by atoms with van der Waals surface area (Å²) in [5.74, 6) is 2.00. The van der Waals surface area contributed by atoms with E-state index in [1.807, 2.05) is 0 Å². The van der Waals surface area contributed by atoms with Gasteiger partial charge in [-0.25, -0.2) is 0 Å². The molecule has 0 aromatic heterocycles. The minimum absolute atomic E-state index is 0.514. The van der Waals surface area contributed by atoms with E-state index in [0.29, 0.717) is 17.9 Å². The maximum absolute atomic E-state index is 5.43. The highest BCUT2D eigenvalue weighted by atomic mass is 32.1. The molecule has 106 valence electrons. The first-order chi connectivity index (χ1) is 9.61. The normalized spacial score (nSPS) is 27.1. The first kappa shape index (κ1) is 13.6. The van der Waals surface area contributed by atoms with Crippen LogP contribution >= 0.6 is 12.2 Å². The highest BCUT2D eigenvalue weighted by Gasteiger charge is 2.35. The number of hydrogen-bond acceptors (Lipinski definition) is 1. The average molecular weight is 286 g/mol. The number of benzene rings is 1. The van der Waals surface area contributed by atoms with Gasteiger partial charge in [0, 0.05) is 11.7 Å². The maximum Gasteiger partial charge on any atom is 0.171 e. The van der Waals surface area contributed by atoms with Crippen molar-refractivity contribution in [2.75, 3.05) is 5.32 Å². The Balaban J connectivity index is 1.55. The lowest BCUT2D eigenvalue weighted by Crippen LogP contribution is -2.40. The van der Waals surface area contributed by atoms with Crippen LogP contribution in [0.3, 0.4) is 0 Å². The van der Waals surface area contributed by atoms with E-state index in [1.165, 1.54) is 18.4 Å². The number of fused-ring (bicyclic) bond motifs is 2. The van der Waals surface area contributed by atoms with Gasteiger partial charge in [0.15, 0.2) is 5.11 Å². The number of rotatable bonds is 3. The van der Waals surface area contributed by atoms with Crippen LogP contribution in [0.5, 0.6) is 0 Å². The van der Waals surface area contributed by atoms with E-state index in [-0.39, 0.29) is 0 Å². The Morgan fingerprint density at radius 2 is 1.90 bits per heavy atom. The van der Waals surface area contributed by atoms with Crippen LogP contribution in [-0.4, -0.2) is 11.2 Å². The van der Waals surface area contributed by atoms with Crippen molar-refractivity contribution in [3.8, 4) is 0 Å². The summed E-state index contributed by atoms with van der Waals surface area (Å²) >= 11 is 5.43. The first-order valence-corrected chi connectivity index (χ1v) is 7.88. The standard InChI is InChI=1S/C17H22N2S/c1-11(2)13-5-7-15(8-6-13)18-17(20)19-16-10-12-3-4-14(16)9-12/h3-8,11-12,14,16H,9-10H2,1-2H3,(H2,18,19,20)/t12-,14-,16-/m0/s1. The predicted molar refractivity (Wildman–Crippen MR) is 89.0 cm³/mol. The zero-order chi connectivity index (χ0) is 14.1. The molecule has 2 aliphatic rings. The number of hydrogen-bond donors (Lipinski definition) is 2. The van der Waals surface area contributed by atoms with Gasteiger partial charge in [-0.1, -0.05) is 38.1 Å². The third-order valence-electron chi connectivity index (χ3n) is 4.43. The van der Waals surface area contributed by atoms with Crippen LogP contribution < -0.4 is 10.6 Å². The highest BCUT2D eigenvalue weighted by Crippen LogP contribution is 2.38. The molecule has 1 aromatic carbocycles. The van der Waals surface area contributed by atoms with Crippen LogP contribution in [-0.2, 0) is 0 Å². The van der Waals surface area contributed by atoms with Crippen molar-refractivity contribution in [1.82, 2.24) is 5.32 Å². The van der Waals surface area contributed by atoms with Crippen LogP contribution in [0, 0.1) is 11.8 Å². The molecule has 0 radical (unpaired) electrons. The molecular weight excluding hydrogens is 264 g/mol. The summed E-state index contributed by atoms with van der Waals surface area (Å²) in [5.41, 5.74) is 2.42. The summed E-state index contributed by atoms with van der Waals surface area (Å²) in [4.78, 5) is 0. The summed E-state index contributed by atoms with van der Waals surface area (Å²) in [6.07, 6.45) is 7.20. The molecule has 1 aromatic rings. The van der Waals surface area contributed by atoms with E-state index < -0.39 is 0 Å². The molecular formula is C17H22N2S. The minimum Gasteiger partial charge on any atom is -0.359 e. The lowest BCUT2D eigenvalue weighted by Gasteiger charge is -2.22. The van der Waals surface area contributed by atoms with Crippen molar-refractivity contribution < 1.29 is 0 Å². The van der Waals surface area contributed by atoms with Gasteiger partial charge in [0.1, 0.15) is 0 Å². The van der Waals surface area contributed by atoms with Crippen LogP contribution in [0.2, 0.25) is 0 Å². The first-order valence-electron chi connectivity index (χ1n) is 7.47. The second-order valence-corrected chi connectivity index (χ2v) is 6.67. The fourth-order valence-electron chi connectivity index (χ4n) is 3.23. The summed E-state index contributed by atoms with van der Waals surface area (Å²) in [5, 5.41) is 7.50. The number of thiocarbonyl (C=S) groups is 1. The molecule has 3 rings (SSSR count). The Bertz CT molecular complexity index is 518. The molecule has 3 atom stereocenters. The second kappa shape index (κ2) is 5.57. The van der Waals surface area contributed by atoms with Gasteiger partial charge in [-0.05, 0) is 60.5 Å². The second-order valence-electron chi connectivity index (χ2n) is 6.26. The van der Waals surface area contributed by atoms with E-state index >= 15 is 0 Å². The van der Waals surface area contributed by atoms with Gasteiger partial charge in [-0.15, -0.1) is 0 Å². The lowest BCUT2D eigenvalue weighted by atomic mass is 10.0. The number of nitrogens with one attached hydrogen (secondary N) is 2. The Morgan fingerprint density at radius 3 is 2.45 bits per heavy atom. The van der Waals surface area contributed by atoms with E-state index in [4.69, 9.17) is 12.2 Å². The van der Waals surface area contributed by atoms with E-state index in [9.17, 15) is 0 Å².